The van der Waals surface area contributed by atoms with E-state index in [-0.39, 0.29) is 18.2 Å². The number of rotatable bonds is 12. The number of hydrogen-bond acceptors (Lipinski definition) is 5. The topological polar surface area (TPSA) is 77.9 Å². The highest BCUT2D eigenvalue weighted by molar-refractivity contribution is 8.26. The molecule has 2 aliphatic rings. The number of hydrogen-bond donors (Lipinski definition) is 1. The molecule has 0 spiro atoms. The van der Waals surface area contributed by atoms with Crippen molar-refractivity contribution in [3.05, 3.63) is 34.7 Å². The van der Waals surface area contributed by atoms with Gasteiger partial charge in [-0.15, -0.1) is 0 Å². The lowest BCUT2D eigenvalue weighted by Crippen LogP contribution is -2.30. The van der Waals surface area contributed by atoms with Gasteiger partial charge >= 0.3 is 5.97 Å². The Bertz CT molecular complexity index is 928. The Morgan fingerprint density at radius 1 is 0.938 bits per heavy atom. The summed E-state index contributed by atoms with van der Waals surface area (Å²) in [4.78, 5) is 41.0. The number of nitrogens with zero attached hydrogens (tertiary/aromatic N) is 2. The molecule has 6 nitrogen and oxygen atoms in total. The van der Waals surface area contributed by atoms with Gasteiger partial charge in [-0.25, -0.2) is 0 Å². The number of carboxylic acids is 1. The van der Waals surface area contributed by atoms with Crippen LogP contribution in [-0.4, -0.2) is 45.2 Å². The Morgan fingerprint density at radius 3 is 2.31 bits per heavy atom. The highest BCUT2D eigenvalue weighted by Crippen LogP contribution is 2.44. The first-order valence-corrected chi connectivity index (χ1v) is 12.6. The molecule has 2 amide bonds. The zero-order valence-electron chi connectivity index (χ0n) is 18.5. The molecule has 1 saturated heterocycles. The fraction of sp³-hybridized carbons (Fsp3) is 0.500. The van der Waals surface area contributed by atoms with E-state index < -0.39 is 5.97 Å². The summed E-state index contributed by atoms with van der Waals surface area (Å²) in [5.74, 6) is -1.15. The fourth-order valence-electron chi connectivity index (χ4n) is 4.06. The molecule has 2 heterocycles. The number of aliphatic carboxylic acids is 1. The molecule has 0 aliphatic carbocycles. The van der Waals surface area contributed by atoms with Gasteiger partial charge in [0.05, 0.1) is 16.2 Å². The van der Waals surface area contributed by atoms with Crippen molar-refractivity contribution >= 4 is 57.3 Å². The number of para-hydroxylation sites is 1. The van der Waals surface area contributed by atoms with Crippen LogP contribution in [0.2, 0.25) is 0 Å². The number of amides is 2. The Balaban J connectivity index is 1.73. The standard InChI is InChI=1S/C24H30N2O4S2/c1-2-3-4-5-10-15-25-18-13-9-8-12-17(18)20(22(25)29)21-23(30)26(24(31)32-21)16-11-6-7-14-19(27)28/h8-9,12-13H,2-7,10-11,14-16H2,1H3,(H,27,28)/b21-20-. The van der Waals surface area contributed by atoms with E-state index in [1.54, 1.807) is 9.80 Å². The average molecular weight is 475 g/mol. The van der Waals surface area contributed by atoms with Gasteiger partial charge in [-0.1, -0.05) is 81.2 Å². The predicted octanol–water partition coefficient (Wildman–Crippen LogP) is 5.22. The first-order valence-electron chi connectivity index (χ1n) is 11.4. The molecule has 1 aromatic carbocycles. The third-order valence-corrected chi connectivity index (χ3v) is 7.21. The summed E-state index contributed by atoms with van der Waals surface area (Å²) in [6, 6.07) is 7.65. The molecule has 0 bridgehead atoms. The van der Waals surface area contributed by atoms with Crippen LogP contribution in [0.15, 0.2) is 29.2 Å². The van der Waals surface area contributed by atoms with Crippen LogP contribution in [0.3, 0.4) is 0 Å². The summed E-state index contributed by atoms with van der Waals surface area (Å²) in [6.07, 6.45) is 7.65. The molecule has 1 aromatic rings. The maximum absolute atomic E-state index is 13.4. The van der Waals surface area contributed by atoms with Gasteiger partial charge in [-0.3, -0.25) is 19.3 Å². The first kappa shape index (κ1) is 24.5. The second-order valence-electron chi connectivity index (χ2n) is 8.12. The average Bonchev–Trinajstić information content (AvgIpc) is 3.20. The summed E-state index contributed by atoms with van der Waals surface area (Å²) in [6.45, 7) is 3.27. The van der Waals surface area contributed by atoms with Crippen LogP contribution >= 0.6 is 24.0 Å². The quantitative estimate of drug-likeness (QED) is 0.254. The highest BCUT2D eigenvalue weighted by atomic mass is 32.2. The molecule has 3 rings (SSSR count). The van der Waals surface area contributed by atoms with Gasteiger partial charge in [0.15, 0.2) is 0 Å². The van der Waals surface area contributed by atoms with Gasteiger partial charge in [0.1, 0.15) is 4.32 Å². The van der Waals surface area contributed by atoms with Crippen molar-refractivity contribution in [2.45, 2.75) is 64.7 Å². The molecule has 1 N–H and O–H groups in total. The minimum Gasteiger partial charge on any atom is -0.481 e. The van der Waals surface area contributed by atoms with E-state index >= 15 is 0 Å². The van der Waals surface area contributed by atoms with Gasteiger partial charge in [0, 0.05) is 25.1 Å². The molecule has 2 aliphatic heterocycles. The van der Waals surface area contributed by atoms with Crippen LogP contribution in [0.4, 0.5) is 5.69 Å². The van der Waals surface area contributed by atoms with Crippen molar-refractivity contribution < 1.29 is 19.5 Å². The van der Waals surface area contributed by atoms with Crippen molar-refractivity contribution in [3.63, 3.8) is 0 Å². The van der Waals surface area contributed by atoms with E-state index in [0.29, 0.717) is 47.2 Å². The molecule has 1 fully saturated rings. The van der Waals surface area contributed by atoms with E-state index in [0.717, 1.165) is 30.5 Å². The van der Waals surface area contributed by atoms with Crippen LogP contribution in [-0.2, 0) is 14.4 Å². The number of anilines is 1. The SMILES string of the molecule is CCCCCCCN1C(=O)/C(=C2\SC(=S)N(CCCCCC(=O)O)C2=O)c2ccccc21. The van der Waals surface area contributed by atoms with Crippen LogP contribution in [0, 0.1) is 0 Å². The minimum absolute atomic E-state index is 0.122. The van der Waals surface area contributed by atoms with E-state index in [4.69, 9.17) is 17.3 Å². The van der Waals surface area contributed by atoms with Crippen molar-refractivity contribution in [1.82, 2.24) is 4.90 Å². The summed E-state index contributed by atoms with van der Waals surface area (Å²) in [5, 5.41) is 8.75. The lowest BCUT2D eigenvalue weighted by Gasteiger charge is -2.17. The number of carboxylic acid groups (broad SMARTS) is 1. The summed E-state index contributed by atoms with van der Waals surface area (Å²) in [5.41, 5.74) is 2.12. The number of fused-ring (bicyclic) bond motifs is 1. The Hall–Kier alpha value is -2.19. The normalized spacial score (nSPS) is 18.1. The second kappa shape index (κ2) is 11.6. The summed E-state index contributed by atoms with van der Waals surface area (Å²) < 4.78 is 0.457. The van der Waals surface area contributed by atoms with Gasteiger partial charge in [-0.05, 0) is 25.3 Å². The zero-order chi connectivity index (χ0) is 23.1. The molecule has 0 unspecified atom stereocenters. The molecule has 0 atom stereocenters. The number of thiocarbonyl (C=S) groups is 1. The van der Waals surface area contributed by atoms with Gasteiger partial charge in [0.25, 0.3) is 11.8 Å². The zero-order valence-corrected chi connectivity index (χ0v) is 20.1. The smallest absolute Gasteiger partial charge is 0.303 e. The third-order valence-electron chi connectivity index (χ3n) is 5.76. The maximum Gasteiger partial charge on any atom is 0.303 e. The van der Waals surface area contributed by atoms with Crippen molar-refractivity contribution in [1.29, 1.82) is 0 Å². The molecule has 0 aromatic heterocycles. The van der Waals surface area contributed by atoms with Gasteiger partial charge in [0.2, 0.25) is 0 Å². The molecule has 8 heteroatoms. The van der Waals surface area contributed by atoms with Crippen LogP contribution in [0.25, 0.3) is 5.57 Å². The number of carbonyl (C=O) groups excluding carboxylic acids is 2. The van der Waals surface area contributed by atoms with Gasteiger partial charge in [-0.2, -0.15) is 0 Å². The second-order valence-corrected chi connectivity index (χ2v) is 9.77. The summed E-state index contributed by atoms with van der Waals surface area (Å²) in [7, 11) is 0. The van der Waals surface area contributed by atoms with Gasteiger partial charge < -0.3 is 10.0 Å². The monoisotopic (exact) mass is 474 g/mol. The molecule has 0 saturated carbocycles. The van der Waals surface area contributed by atoms with E-state index in [1.807, 2.05) is 24.3 Å². The maximum atomic E-state index is 13.4. The Morgan fingerprint density at radius 2 is 1.59 bits per heavy atom. The predicted molar refractivity (Wildman–Crippen MR) is 132 cm³/mol. The largest absolute Gasteiger partial charge is 0.481 e. The van der Waals surface area contributed by atoms with E-state index in [2.05, 4.69) is 6.92 Å². The van der Waals surface area contributed by atoms with Crippen molar-refractivity contribution in [2.75, 3.05) is 18.0 Å². The van der Waals surface area contributed by atoms with Crippen molar-refractivity contribution in [2.24, 2.45) is 0 Å². The van der Waals surface area contributed by atoms with Crippen LogP contribution < -0.4 is 4.90 Å². The number of benzene rings is 1. The lowest BCUT2D eigenvalue weighted by atomic mass is 10.1. The number of carbonyl (C=O) groups is 3. The highest BCUT2D eigenvalue weighted by Gasteiger charge is 2.41. The summed E-state index contributed by atoms with van der Waals surface area (Å²) >= 11 is 6.64. The van der Waals surface area contributed by atoms with E-state index in [9.17, 15) is 14.4 Å². The van der Waals surface area contributed by atoms with Crippen LogP contribution in [0.1, 0.15) is 70.3 Å². The third kappa shape index (κ3) is 5.59. The molecule has 32 heavy (non-hydrogen) atoms. The number of thioether (sulfide) groups is 1. The first-order chi connectivity index (χ1) is 15.5. The van der Waals surface area contributed by atoms with Crippen LogP contribution in [0.5, 0.6) is 0 Å². The number of unbranched alkanes of at least 4 members (excludes halogenated alkanes) is 6. The Kier molecular flexibility index (Phi) is 8.87. The Labute approximate surface area is 199 Å². The molecular formula is C24H30N2O4S2. The molecular weight excluding hydrogens is 444 g/mol. The fourth-order valence-corrected chi connectivity index (χ4v) is 5.44. The minimum atomic E-state index is -0.811. The van der Waals surface area contributed by atoms with Crippen molar-refractivity contribution in [3.8, 4) is 0 Å². The lowest BCUT2D eigenvalue weighted by molar-refractivity contribution is -0.137. The molecule has 0 radical (unpaired) electrons. The molecule has 172 valence electrons. The van der Waals surface area contributed by atoms with E-state index in [1.165, 1.54) is 24.6 Å².